The van der Waals surface area contributed by atoms with Crippen molar-refractivity contribution in [3.05, 3.63) is 16.4 Å². The van der Waals surface area contributed by atoms with Gasteiger partial charge in [-0.15, -0.1) is 0 Å². The van der Waals surface area contributed by atoms with Gasteiger partial charge in [-0.1, -0.05) is 11.6 Å². The highest BCUT2D eigenvalue weighted by molar-refractivity contribution is 6.30. The largest absolute Gasteiger partial charge is 0.435 e. The third-order valence-electron chi connectivity index (χ3n) is 1.95. The van der Waals surface area contributed by atoms with Crippen molar-refractivity contribution in [2.75, 3.05) is 0 Å². The summed E-state index contributed by atoms with van der Waals surface area (Å²) in [5.74, 6) is 0. The van der Waals surface area contributed by atoms with Gasteiger partial charge < -0.3 is 5.11 Å². The number of aromatic nitrogens is 2. The van der Waals surface area contributed by atoms with Crippen LogP contribution in [0.3, 0.4) is 0 Å². The summed E-state index contributed by atoms with van der Waals surface area (Å²) in [7, 11) is 1.32. The van der Waals surface area contributed by atoms with E-state index in [9.17, 15) is 18.3 Å². The molecule has 0 fully saturated rings. The number of halogens is 4. The van der Waals surface area contributed by atoms with E-state index in [1.807, 2.05) is 0 Å². The summed E-state index contributed by atoms with van der Waals surface area (Å²) in [6.07, 6.45) is -4.76. The molecule has 0 bridgehead atoms. The zero-order valence-electron chi connectivity index (χ0n) is 9.06. The van der Waals surface area contributed by atoms with Crippen LogP contribution in [0.25, 0.3) is 0 Å². The highest BCUT2D eigenvalue weighted by Crippen LogP contribution is 2.35. The molecular weight excluding hydrogens is 245 g/mol. The molecule has 0 unspecified atom stereocenters. The van der Waals surface area contributed by atoms with Crippen LogP contribution in [0.1, 0.15) is 25.1 Å². The fraction of sp³-hybridized carbons (Fsp3) is 0.667. The summed E-state index contributed by atoms with van der Waals surface area (Å²) < 4.78 is 38.8. The van der Waals surface area contributed by atoms with Crippen LogP contribution in [0.2, 0.25) is 5.15 Å². The minimum atomic E-state index is -4.56. The average molecular weight is 257 g/mol. The number of aryl methyl sites for hydroxylation is 1. The fourth-order valence-electron chi connectivity index (χ4n) is 1.36. The smallest absolute Gasteiger partial charge is 0.390 e. The number of hydrogen-bond donors (Lipinski definition) is 1. The van der Waals surface area contributed by atoms with E-state index >= 15 is 0 Å². The molecular formula is C9H12ClF3N2O. The standard InChI is InChI=1S/C9H12ClF3N2O/c1-8(2,16)4-5-6(9(11,12)13)14-15(3)7(5)10/h16H,4H2,1-3H3. The van der Waals surface area contributed by atoms with Crippen molar-refractivity contribution in [1.29, 1.82) is 0 Å². The first-order valence-electron chi connectivity index (χ1n) is 4.53. The Kier molecular flexibility index (Phi) is 3.27. The van der Waals surface area contributed by atoms with E-state index < -0.39 is 17.5 Å². The van der Waals surface area contributed by atoms with Crippen LogP contribution in [0.15, 0.2) is 0 Å². The minimum absolute atomic E-state index is 0.102. The van der Waals surface area contributed by atoms with Gasteiger partial charge in [-0.05, 0) is 13.8 Å². The molecule has 7 heteroatoms. The molecule has 0 aliphatic rings. The lowest BCUT2D eigenvalue weighted by molar-refractivity contribution is -0.142. The first-order chi connectivity index (χ1) is 7.02. The zero-order valence-corrected chi connectivity index (χ0v) is 9.82. The molecule has 3 nitrogen and oxygen atoms in total. The van der Waals surface area contributed by atoms with E-state index in [1.54, 1.807) is 0 Å². The van der Waals surface area contributed by atoms with Crippen molar-refractivity contribution in [3.8, 4) is 0 Å². The molecule has 1 aromatic rings. The van der Waals surface area contributed by atoms with Crippen LogP contribution in [-0.4, -0.2) is 20.5 Å². The lowest BCUT2D eigenvalue weighted by Crippen LogP contribution is -2.23. The van der Waals surface area contributed by atoms with E-state index in [1.165, 1.54) is 20.9 Å². The highest BCUT2D eigenvalue weighted by atomic mass is 35.5. The molecule has 1 heterocycles. The molecule has 0 spiro atoms. The molecule has 0 aliphatic heterocycles. The SMILES string of the molecule is Cn1nc(C(F)(F)F)c(CC(C)(C)O)c1Cl. The van der Waals surface area contributed by atoms with Gasteiger partial charge in [0, 0.05) is 19.0 Å². The number of nitrogens with zero attached hydrogens (tertiary/aromatic N) is 2. The van der Waals surface area contributed by atoms with Crippen molar-refractivity contribution in [2.45, 2.75) is 32.0 Å². The van der Waals surface area contributed by atoms with Crippen LogP contribution < -0.4 is 0 Å². The van der Waals surface area contributed by atoms with Gasteiger partial charge in [-0.25, -0.2) is 0 Å². The van der Waals surface area contributed by atoms with Gasteiger partial charge in [0.05, 0.1) is 5.60 Å². The second-order valence-corrected chi connectivity index (χ2v) is 4.59. The van der Waals surface area contributed by atoms with Crippen molar-refractivity contribution < 1.29 is 18.3 Å². The second kappa shape index (κ2) is 3.92. The van der Waals surface area contributed by atoms with E-state index in [2.05, 4.69) is 5.10 Å². The number of rotatable bonds is 2. The lowest BCUT2D eigenvalue weighted by Gasteiger charge is -2.17. The Morgan fingerprint density at radius 3 is 2.25 bits per heavy atom. The molecule has 0 amide bonds. The molecule has 0 aromatic carbocycles. The van der Waals surface area contributed by atoms with Gasteiger partial charge in [0.1, 0.15) is 5.15 Å². The summed E-state index contributed by atoms with van der Waals surface area (Å²) in [6.45, 7) is 2.83. The van der Waals surface area contributed by atoms with Gasteiger partial charge >= 0.3 is 6.18 Å². The average Bonchev–Trinajstić information content (AvgIpc) is 2.28. The topological polar surface area (TPSA) is 38.0 Å². The molecule has 16 heavy (non-hydrogen) atoms. The van der Waals surface area contributed by atoms with Crippen LogP contribution in [0.5, 0.6) is 0 Å². The van der Waals surface area contributed by atoms with Gasteiger partial charge in [0.15, 0.2) is 5.69 Å². The maximum absolute atomic E-state index is 12.6. The number of alkyl halides is 3. The number of aliphatic hydroxyl groups is 1. The van der Waals surface area contributed by atoms with Crippen LogP contribution in [0.4, 0.5) is 13.2 Å². The van der Waals surface area contributed by atoms with Crippen molar-refractivity contribution in [3.63, 3.8) is 0 Å². The molecule has 1 N–H and O–H groups in total. The third kappa shape index (κ3) is 2.89. The fourth-order valence-corrected chi connectivity index (χ4v) is 1.56. The Morgan fingerprint density at radius 1 is 1.38 bits per heavy atom. The van der Waals surface area contributed by atoms with Crippen LogP contribution >= 0.6 is 11.6 Å². The van der Waals surface area contributed by atoms with Crippen molar-refractivity contribution >= 4 is 11.6 Å². The lowest BCUT2D eigenvalue weighted by atomic mass is 9.99. The summed E-state index contributed by atoms with van der Waals surface area (Å²) in [5.41, 5.74) is -2.49. The molecule has 0 atom stereocenters. The quantitative estimate of drug-likeness (QED) is 0.882. The molecule has 1 aromatic heterocycles. The summed E-state index contributed by atoms with van der Waals surface area (Å²) in [5, 5.41) is 12.7. The van der Waals surface area contributed by atoms with Gasteiger partial charge in [-0.3, -0.25) is 4.68 Å². The third-order valence-corrected chi connectivity index (χ3v) is 2.42. The highest BCUT2D eigenvalue weighted by Gasteiger charge is 2.39. The number of hydrogen-bond acceptors (Lipinski definition) is 2. The Labute approximate surface area is 95.8 Å². The summed E-state index contributed by atoms with van der Waals surface area (Å²) in [6, 6.07) is 0. The van der Waals surface area contributed by atoms with E-state index in [0.29, 0.717) is 0 Å². The molecule has 0 aliphatic carbocycles. The Bertz CT molecular complexity index is 393. The zero-order chi connectivity index (χ0) is 12.7. The first kappa shape index (κ1) is 13.3. The monoisotopic (exact) mass is 256 g/mol. The van der Waals surface area contributed by atoms with Gasteiger partial charge in [0.25, 0.3) is 0 Å². The Hall–Kier alpha value is -0.750. The van der Waals surface area contributed by atoms with Crippen LogP contribution in [-0.2, 0) is 19.6 Å². The molecule has 92 valence electrons. The minimum Gasteiger partial charge on any atom is -0.390 e. The summed E-state index contributed by atoms with van der Waals surface area (Å²) in [4.78, 5) is 0. The predicted molar refractivity (Wildman–Crippen MR) is 53.2 cm³/mol. The van der Waals surface area contributed by atoms with Crippen molar-refractivity contribution in [2.24, 2.45) is 7.05 Å². The van der Waals surface area contributed by atoms with E-state index in [-0.39, 0.29) is 17.1 Å². The van der Waals surface area contributed by atoms with E-state index in [4.69, 9.17) is 11.6 Å². The first-order valence-corrected chi connectivity index (χ1v) is 4.91. The Balaban J connectivity index is 3.25. The van der Waals surface area contributed by atoms with Gasteiger partial charge in [-0.2, -0.15) is 18.3 Å². The predicted octanol–water partition coefficient (Wildman–Crippen LogP) is 2.41. The second-order valence-electron chi connectivity index (χ2n) is 4.23. The maximum Gasteiger partial charge on any atom is 0.435 e. The maximum atomic E-state index is 12.6. The molecule has 0 saturated heterocycles. The molecule has 0 radical (unpaired) electrons. The summed E-state index contributed by atoms with van der Waals surface area (Å²) >= 11 is 5.72. The molecule has 1 rings (SSSR count). The van der Waals surface area contributed by atoms with Gasteiger partial charge in [0.2, 0.25) is 0 Å². The van der Waals surface area contributed by atoms with E-state index in [0.717, 1.165) is 4.68 Å². The molecule has 0 saturated carbocycles. The Morgan fingerprint density at radius 2 is 1.88 bits per heavy atom. The van der Waals surface area contributed by atoms with Crippen LogP contribution in [0, 0.1) is 0 Å². The normalized spacial score (nSPS) is 13.2. The van der Waals surface area contributed by atoms with Crippen molar-refractivity contribution in [1.82, 2.24) is 9.78 Å².